The molecular formula is C19H28F2N2O4. The standard InChI is InChI=1S/C19H28F2N2O4/c1-3-26-17-11-14(6-7-16(17)27-19(20)21)12-23-9-4-5-15(8-10-23)22(2)13-18(24)25/h6-7,11,15,19H,3-5,8-10,12-13H2,1-2H3,(H,24,25). The van der Waals surface area contributed by atoms with Crippen LogP contribution in [0.3, 0.4) is 0 Å². The molecular weight excluding hydrogens is 358 g/mol. The monoisotopic (exact) mass is 386 g/mol. The molecule has 1 heterocycles. The molecule has 0 saturated carbocycles. The minimum Gasteiger partial charge on any atom is -0.490 e. The lowest BCUT2D eigenvalue weighted by Crippen LogP contribution is -2.36. The maximum absolute atomic E-state index is 12.5. The van der Waals surface area contributed by atoms with E-state index in [0.29, 0.717) is 18.9 Å². The molecule has 6 nitrogen and oxygen atoms in total. The summed E-state index contributed by atoms with van der Waals surface area (Å²) in [4.78, 5) is 15.1. The van der Waals surface area contributed by atoms with Gasteiger partial charge in [-0.2, -0.15) is 8.78 Å². The average Bonchev–Trinajstić information content (AvgIpc) is 2.82. The van der Waals surface area contributed by atoms with Gasteiger partial charge in [-0.1, -0.05) is 6.07 Å². The SMILES string of the molecule is CCOc1cc(CN2CCCC(N(C)CC(=O)O)CC2)ccc1OC(F)F. The second-order valence-corrected chi connectivity index (χ2v) is 6.76. The smallest absolute Gasteiger partial charge is 0.387 e. The normalized spacial score (nSPS) is 18.5. The lowest BCUT2D eigenvalue weighted by atomic mass is 10.1. The van der Waals surface area contributed by atoms with E-state index in [4.69, 9.17) is 9.84 Å². The predicted molar refractivity (Wildman–Crippen MR) is 97.4 cm³/mol. The zero-order chi connectivity index (χ0) is 19.8. The first-order chi connectivity index (χ1) is 12.9. The Hall–Kier alpha value is -1.93. The number of halogens is 2. The van der Waals surface area contributed by atoms with Crippen LogP contribution in [0, 0.1) is 0 Å². The third kappa shape index (κ3) is 6.95. The number of benzene rings is 1. The van der Waals surface area contributed by atoms with Gasteiger partial charge in [-0.25, -0.2) is 0 Å². The molecule has 1 aliphatic rings. The molecule has 1 unspecified atom stereocenters. The van der Waals surface area contributed by atoms with Gasteiger partial charge in [0.25, 0.3) is 0 Å². The van der Waals surface area contributed by atoms with Crippen molar-refractivity contribution in [1.29, 1.82) is 0 Å². The topological polar surface area (TPSA) is 62.2 Å². The van der Waals surface area contributed by atoms with Gasteiger partial charge < -0.3 is 14.6 Å². The second kappa shape index (κ2) is 10.4. The minimum absolute atomic E-state index is 0.0434. The Balaban J connectivity index is 1.98. The molecule has 1 N–H and O–H groups in total. The van der Waals surface area contributed by atoms with Crippen LogP contribution in [0.15, 0.2) is 18.2 Å². The number of rotatable bonds is 9. The molecule has 1 aliphatic heterocycles. The molecule has 0 bridgehead atoms. The van der Waals surface area contributed by atoms with Crippen molar-refractivity contribution in [3.63, 3.8) is 0 Å². The van der Waals surface area contributed by atoms with Gasteiger partial charge in [0.15, 0.2) is 11.5 Å². The van der Waals surface area contributed by atoms with E-state index in [1.807, 2.05) is 11.9 Å². The van der Waals surface area contributed by atoms with Crippen molar-refractivity contribution >= 4 is 5.97 Å². The highest BCUT2D eigenvalue weighted by Gasteiger charge is 2.22. The van der Waals surface area contributed by atoms with Gasteiger partial charge in [0.05, 0.1) is 13.2 Å². The van der Waals surface area contributed by atoms with Gasteiger partial charge in [-0.15, -0.1) is 0 Å². The second-order valence-electron chi connectivity index (χ2n) is 6.76. The van der Waals surface area contributed by atoms with E-state index in [9.17, 15) is 13.6 Å². The predicted octanol–water partition coefficient (Wildman–Crippen LogP) is 3.06. The average molecular weight is 386 g/mol. The van der Waals surface area contributed by atoms with E-state index in [2.05, 4.69) is 9.64 Å². The number of hydrogen-bond acceptors (Lipinski definition) is 5. The molecule has 0 amide bonds. The number of likely N-dealkylation sites (tertiary alicyclic amines) is 1. The number of hydrogen-bond donors (Lipinski definition) is 1. The highest BCUT2D eigenvalue weighted by molar-refractivity contribution is 5.69. The Morgan fingerprint density at radius 2 is 2.11 bits per heavy atom. The lowest BCUT2D eigenvalue weighted by Gasteiger charge is -2.25. The van der Waals surface area contributed by atoms with Crippen LogP contribution in [-0.2, 0) is 11.3 Å². The molecule has 0 aromatic heterocycles. The fourth-order valence-electron chi connectivity index (χ4n) is 3.45. The molecule has 0 aliphatic carbocycles. The molecule has 152 valence electrons. The summed E-state index contributed by atoms with van der Waals surface area (Å²) in [6.07, 6.45) is 2.85. The first-order valence-electron chi connectivity index (χ1n) is 9.24. The van der Waals surface area contributed by atoms with Gasteiger partial charge in [0.2, 0.25) is 0 Å². The Morgan fingerprint density at radius 3 is 2.78 bits per heavy atom. The number of carboxylic acids is 1. The summed E-state index contributed by atoms with van der Waals surface area (Å²) in [5.41, 5.74) is 0.970. The van der Waals surface area contributed by atoms with Crippen LogP contribution in [0.1, 0.15) is 31.7 Å². The van der Waals surface area contributed by atoms with E-state index in [-0.39, 0.29) is 18.3 Å². The van der Waals surface area contributed by atoms with Crippen LogP contribution in [0.4, 0.5) is 8.78 Å². The number of ether oxygens (including phenoxy) is 2. The number of carboxylic acid groups (broad SMARTS) is 1. The minimum atomic E-state index is -2.89. The molecule has 0 radical (unpaired) electrons. The first-order valence-corrected chi connectivity index (χ1v) is 9.24. The molecule has 1 aromatic carbocycles. The molecule has 1 atom stereocenters. The van der Waals surface area contributed by atoms with Crippen LogP contribution < -0.4 is 9.47 Å². The van der Waals surface area contributed by atoms with Crippen molar-refractivity contribution < 1.29 is 28.2 Å². The van der Waals surface area contributed by atoms with Crippen LogP contribution in [0.5, 0.6) is 11.5 Å². The van der Waals surface area contributed by atoms with Crippen LogP contribution in [-0.4, -0.2) is 66.8 Å². The summed E-state index contributed by atoms with van der Waals surface area (Å²) >= 11 is 0. The van der Waals surface area contributed by atoms with Crippen LogP contribution >= 0.6 is 0 Å². The van der Waals surface area contributed by atoms with E-state index in [1.165, 1.54) is 6.07 Å². The van der Waals surface area contributed by atoms with Crippen molar-refractivity contribution in [1.82, 2.24) is 9.80 Å². The number of aliphatic carboxylic acids is 1. The fourth-order valence-corrected chi connectivity index (χ4v) is 3.45. The summed E-state index contributed by atoms with van der Waals surface area (Å²) < 4.78 is 35.0. The van der Waals surface area contributed by atoms with Gasteiger partial charge in [0.1, 0.15) is 0 Å². The van der Waals surface area contributed by atoms with Crippen molar-refractivity contribution in [2.24, 2.45) is 0 Å². The van der Waals surface area contributed by atoms with E-state index in [1.54, 1.807) is 19.1 Å². The lowest BCUT2D eigenvalue weighted by molar-refractivity contribution is -0.138. The molecule has 1 aromatic rings. The van der Waals surface area contributed by atoms with Gasteiger partial charge in [-0.05, 0) is 64.0 Å². The molecule has 27 heavy (non-hydrogen) atoms. The Bertz CT molecular complexity index is 615. The molecule has 8 heteroatoms. The van der Waals surface area contributed by atoms with Gasteiger partial charge in [0, 0.05) is 12.6 Å². The number of nitrogens with zero attached hydrogens (tertiary/aromatic N) is 2. The maximum atomic E-state index is 12.5. The molecule has 1 saturated heterocycles. The number of likely N-dealkylation sites (N-methyl/N-ethyl adjacent to an activating group) is 1. The zero-order valence-electron chi connectivity index (χ0n) is 15.9. The summed E-state index contributed by atoms with van der Waals surface area (Å²) in [6.45, 7) is 1.77. The number of carbonyl (C=O) groups is 1. The summed E-state index contributed by atoms with van der Waals surface area (Å²) in [7, 11) is 1.85. The summed E-state index contributed by atoms with van der Waals surface area (Å²) in [5.74, 6) is -0.445. The van der Waals surface area contributed by atoms with Crippen LogP contribution in [0.25, 0.3) is 0 Å². The Kier molecular flexibility index (Phi) is 8.24. The van der Waals surface area contributed by atoms with E-state index < -0.39 is 12.6 Å². The third-order valence-corrected chi connectivity index (χ3v) is 4.73. The van der Waals surface area contributed by atoms with E-state index in [0.717, 1.165) is 37.9 Å². The molecule has 0 spiro atoms. The Morgan fingerprint density at radius 1 is 1.33 bits per heavy atom. The van der Waals surface area contributed by atoms with Gasteiger partial charge in [-0.3, -0.25) is 14.6 Å². The first kappa shape index (κ1) is 21.4. The zero-order valence-corrected chi connectivity index (χ0v) is 15.9. The fraction of sp³-hybridized carbons (Fsp3) is 0.632. The molecule has 1 fully saturated rings. The van der Waals surface area contributed by atoms with Crippen molar-refractivity contribution in [2.75, 3.05) is 33.3 Å². The quantitative estimate of drug-likeness (QED) is 0.704. The Labute approximate surface area is 158 Å². The van der Waals surface area contributed by atoms with Crippen molar-refractivity contribution in [3.8, 4) is 11.5 Å². The molecule has 2 rings (SSSR count). The van der Waals surface area contributed by atoms with E-state index >= 15 is 0 Å². The number of alkyl halides is 2. The maximum Gasteiger partial charge on any atom is 0.387 e. The van der Waals surface area contributed by atoms with Gasteiger partial charge >= 0.3 is 12.6 Å². The highest BCUT2D eigenvalue weighted by Crippen LogP contribution is 2.30. The summed E-state index contributed by atoms with van der Waals surface area (Å²) in [5, 5.41) is 8.96. The summed E-state index contributed by atoms with van der Waals surface area (Å²) in [6, 6.07) is 5.31. The van der Waals surface area contributed by atoms with Crippen molar-refractivity contribution in [2.45, 2.75) is 45.4 Å². The highest BCUT2D eigenvalue weighted by atomic mass is 19.3. The largest absolute Gasteiger partial charge is 0.490 e. The van der Waals surface area contributed by atoms with Crippen LogP contribution in [0.2, 0.25) is 0 Å². The van der Waals surface area contributed by atoms with Crippen molar-refractivity contribution in [3.05, 3.63) is 23.8 Å². The third-order valence-electron chi connectivity index (χ3n) is 4.73.